The Morgan fingerprint density at radius 2 is 2.00 bits per heavy atom. The molecule has 5 heteroatoms. The Hall–Kier alpha value is -1.10. The molecule has 0 heterocycles. The van der Waals surface area contributed by atoms with Crippen molar-refractivity contribution in [3.63, 3.8) is 0 Å². The van der Waals surface area contributed by atoms with Crippen molar-refractivity contribution in [3.8, 4) is 0 Å². The fourth-order valence-corrected chi connectivity index (χ4v) is 2.49. The Morgan fingerprint density at radius 1 is 1.28 bits per heavy atom. The lowest BCUT2D eigenvalue weighted by Gasteiger charge is -2.28. The van der Waals surface area contributed by atoms with Crippen molar-refractivity contribution < 1.29 is 14.7 Å². The van der Waals surface area contributed by atoms with E-state index in [1.165, 1.54) is 0 Å². The molecular weight excluding hydrogens is 232 g/mol. The van der Waals surface area contributed by atoms with E-state index in [9.17, 15) is 9.59 Å². The van der Waals surface area contributed by atoms with Crippen molar-refractivity contribution in [2.45, 2.75) is 39.0 Å². The van der Waals surface area contributed by atoms with Crippen LogP contribution in [-0.4, -0.2) is 36.6 Å². The van der Waals surface area contributed by atoms with Crippen LogP contribution in [0.3, 0.4) is 0 Å². The van der Waals surface area contributed by atoms with E-state index < -0.39 is 5.97 Å². The molecule has 0 saturated heterocycles. The summed E-state index contributed by atoms with van der Waals surface area (Å²) in [6, 6.07) is 0. The maximum absolute atomic E-state index is 11.5. The van der Waals surface area contributed by atoms with E-state index in [2.05, 4.69) is 10.6 Å². The largest absolute Gasteiger partial charge is 0.481 e. The average molecular weight is 256 g/mol. The zero-order valence-electron chi connectivity index (χ0n) is 11.1. The molecule has 104 valence electrons. The fourth-order valence-electron chi connectivity index (χ4n) is 2.49. The van der Waals surface area contributed by atoms with Gasteiger partial charge in [-0.3, -0.25) is 9.59 Å². The van der Waals surface area contributed by atoms with Gasteiger partial charge in [-0.25, -0.2) is 0 Å². The second-order valence-corrected chi connectivity index (χ2v) is 4.90. The van der Waals surface area contributed by atoms with Gasteiger partial charge in [-0.05, 0) is 25.3 Å². The highest BCUT2D eigenvalue weighted by Gasteiger charge is 2.30. The number of nitrogens with one attached hydrogen (secondary N) is 2. The number of aliphatic carboxylic acids is 1. The van der Waals surface area contributed by atoms with Crippen molar-refractivity contribution >= 4 is 11.9 Å². The molecule has 2 atom stereocenters. The summed E-state index contributed by atoms with van der Waals surface area (Å²) in [5.74, 6) is -0.903. The number of carbonyl (C=O) groups is 2. The van der Waals surface area contributed by atoms with Gasteiger partial charge < -0.3 is 15.7 Å². The standard InChI is InChI=1S/C13H24N2O3/c1-2-14-8-7-12(16)15-9-10-5-3-4-6-11(10)13(17)18/h10-11,14H,2-9H2,1H3,(H,15,16)(H,17,18). The molecule has 2 unspecified atom stereocenters. The van der Waals surface area contributed by atoms with Crippen molar-refractivity contribution in [1.29, 1.82) is 0 Å². The maximum Gasteiger partial charge on any atom is 0.306 e. The van der Waals surface area contributed by atoms with Crippen LogP contribution in [0.25, 0.3) is 0 Å². The molecule has 1 fully saturated rings. The van der Waals surface area contributed by atoms with Crippen LogP contribution in [0.5, 0.6) is 0 Å². The highest BCUT2D eigenvalue weighted by atomic mass is 16.4. The minimum absolute atomic E-state index is 0.00524. The molecule has 0 bridgehead atoms. The van der Waals surface area contributed by atoms with Gasteiger partial charge in [0, 0.05) is 19.5 Å². The second kappa shape index (κ2) is 8.08. The first-order valence-electron chi connectivity index (χ1n) is 6.85. The van der Waals surface area contributed by atoms with E-state index >= 15 is 0 Å². The molecule has 0 aromatic heterocycles. The SMILES string of the molecule is CCNCCC(=O)NCC1CCCCC1C(=O)O. The molecule has 18 heavy (non-hydrogen) atoms. The van der Waals surface area contributed by atoms with Crippen molar-refractivity contribution in [2.24, 2.45) is 11.8 Å². The van der Waals surface area contributed by atoms with Crippen LogP contribution in [-0.2, 0) is 9.59 Å². The number of amides is 1. The molecule has 1 aliphatic rings. The van der Waals surface area contributed by atoms with Gasteiger partial charge in [-0.1, -0.05) is 19.8 Å². The van der Waals surface area contributed by atoms with E-state index in [-0.39, 0.29) is 17.7 Å². The lowest BCUT2D eigenvalue weighted by molar-refractivity contribution is -0.145. The molecule has 0 spiro atoms. The Kier molecular flexibility index (Phi) is 6.72. The summed E-state index contributed by atoms with van der Waals surface area (Å²) in [6.45, 7) is 4.03. The van der Waals surface area contributed by atoms with Gasteiger partial charge in [0.1, 0.15) is 0 Å². The van der Waals surface area contributed by atoms with Crippen LogP contribution in [0.4, 0.5) is 0 Å². The Labute approximate surface area is 108 Å². The fraction of sp³-hybridized carbons (Fsp3) is 0.846. The minimum Gasteiger partial charge on any atom is -0.481 e. The van der Waals surface area contributed by atoms with Crippen LogP contribution in [0.1, 0.15) is 39.0 Å². The molecule has 1 saturated carbocycles. The molecule has 0 aromatic carbocycles. The smallest absolute Gasteiger partial charge is 0.306 e. The third-order valence-corrected chi connectivity index (χ3v) is 3.57. The topological polar surface area (TPSA) is 78.4 Å². The van der Waals surface area contributed by atoms with Crippen LogP contribution in [0, 0.1) is 11.8 Å². The lowest BCUT2D eigenvalue weighted by Crippen LogP contribution is -2.37. The van der Waals surface area contributed by atoms with Gasteiger partial charge in [0.15, 0.2) is 0 Å². The summed E-state index contributed by atoms with van der Waals surface area (Å²) in [7, 11) is 0. The van der Waals surface area contributed by atoms with E-state index in [1.54, 1.807) is 0 Å². The van der Waals surface area contributed by atoms with Gasteiger partial charge in [0.05, 0.1) is 5.92 Å². The average Bonchev–Trinajstić information content (AvgIpc) is 2.37. The summed E-state index contributed by atoms with van der Waals surface area (Å²) < 4.78 is 0. The highest BCUT2D eigenvalue weighted by Crippen LogP contribution is 2.29. The first kappa shape index (κ1) is 15.0. The number of carboxylic acid groups (broad SMARTS) is 1. The van der Waals surface area contributed by atoms with Gasteiger partial charge in [0.25, 0.3) is 0 Å². The third-order valence-electron chi connectivity index (χ3n) is 3.57. The third kappa shape index (κ3) is 5.04. The minimum atomic E-state index is -0.721. The zero-order valence-corrected chi connectivity index (χ0v) is 11.1. The number of hydrogen-bond donors (Lipinski definition) is 3. The normalized spacial score (nSPS) is 23.6. The lowest BCUT2D eigenvalue weighted by atomic mass is 9.79. The zero-order chi connectivity index (χ0) is 13.4. The molecule has 1 aliphatic carbocycles. The molecule has 1 rings (SSSR count). The van der Waals surface area contributed by atoms with Crippen LogP contribution < -0.4 is 10.6 Å². The predicted octanol–water partition coefficient (Wildman–Crippen LogP) is 0.993. The number of carbonyl (C=O) groups excluding carboxylic acids is 1. The number of rotatable bonds is 7. The van der Waals surface area contributed by atoms with Crippen LogP contribution in [0.15, 0.2) is 0 Å². The van der Waals surface area contributed by atoms with Crippen molar-refractivity contribution in [3.05, 3.63) is 0 Å². The molecule has 0 radical (unpaired) electrons. The quantitative estimate of drug-likeness (QED) is 0.594. The summed E-state index contributed by atoms with van der Waals surface area (Å²) in [5.41, 5.74) is 0. The van der Waals surface area contributed by atoms with E-state index in [0.29, 0.717) is 19.5 Å². The van der Waals surface area contributed by atoms with Gasteiger partial charge in [0.2, 0.25) is 5.91 Å². The summed E-state index contributed by atoms with van der Waals surface area (Å²) >= 11 is 0. The van der Waals surface area contributed by atoms with Gasteiger partial charge in [-0.15, -0.1) is 0 Å². The molecule has 5 nitrogen and oxygen atoms in total. The first-order chi connectivity index (χ1) is 8.65. The second-order valence-electron chi connectivity index (χ2n) is 4.90. The Bertz CT molecular complexity index is 281. The first-order valence-corrected chi connectivity index (χ1v) is 6.85. The molecule has 3 N–H and O–H groups in total. The summed E-state index contributed by atoms with van der Waals surface area (Å²) in [5, 5.41) is 15.1. The molecule has 1 amide bonds. The van der Waals surface area contributed by atoms with E-state index in [1.807, 2.05) is 6.92 Å². The number of hydrogen-bond acceptors (Lipinski definition) is 3. The Balaban J connectivity index is 2.27. The van der Waals surface area contributed by atoms with Gasteiger partial charge >= 0.3 is 5.97 Å². The van der Waals surface area contributed by atoms with Crippen molar-refractivity contribution in [1.82, 2.24) is 10.6 Å². The maximum atomic E-state index is 11.5. The van der Waals surface area contributed by atoms with Crippen LogP contribution in [0.2, 0.25) is 0 Å². The monoisotopic (exact) mass is 256 g/mol. The molecule has 0 aliphatic heterocycles. The van der Waals surface area contributed by atoms with Crippen molar-refractivity contribution in [2.75, 3.05) is 19.6 Å². The summed E-state index contributed by atoms with van der Waals surface area (Å²) in [6.07, 6.45) is 4.17. The van der Waals surface area contributed by atoms with Crippen LogP contribution >= 0.6 is 0 Å². The highest BCUT2D eigenvalue weighted by molar-refractivity contribution is 5.76. The molecule has 0 aromatic rings. The predicted molar refractivity (Wildman–Crippen MR) is 69.3 cm³/mol. The van der Waals surface area contributed by atoms with E-state index in [0.717, 1.165) is 32.2 Å². The van der Waals surface area contributed by atoms with E-state index in [4.69, 9.17) is 5.11 Å². The number of carboxylic acids is 1. The molecular formula is C13H24N2O3. The summed E-state index contributed by atoms with van der Waals surface area (Å²) in [4.78, 5) is 22.6. The Morgan fingerprint density at radius 3 is 2.67 bits per heavy atom. The van der Waals surface area contributed by atoms with Gasteiger partial charge in [-0.2, -0.15) is 0 Å².